The van der Waals surface area contributed by atoms with E-state index in [-0.39, 0.29) is 0 Å². The van der Waals surface area contributed by atoms with Gasteiger partial charge in [-0.05, 0) is 68.1 Å². The number of hydrogen-bond acceptors (Lipinski definition) is 1. The highest BCUT2D eigenvalue weighted by atomic mass is 16.5. The average Bonchev–Trinajstić information content (AvgIpc) is 2.54. The summed E-state index contributed by atoms with van der Waals surface area (Å²) in [6.45, 7) is 7.60. The molecule has 0 amide bonds. The second kappa shape index (κ2) is 8.60. The molecule has 2 rings (SSSR count). The van der Waals surface area contributed by atoms with E-state index in [1.807, 2.05) is 6.92 Å². The van der Waals surface area contributed by atoms with Gasteiger partial charge in [0, 0.05) is 0 Å². The van der Waals surface area contributed by atoms with Crippen molar-refractivity contribution in [2.45, 2.75) is 84.5 Å². The molecule has 0 spiro atoms. The first kappa shape index (κ1) is 17.4. The maximum Gasteiger partial charge on any atom is 0.119 e. The fourth-order valence-corrected chi connectivity index (χ4v) is 3.88. The summed E-state index contributed by atoms with van der Waals surface area (Å²) in [7, 11) is 0. The summed E-state index contributed by atoms with van der Waals surface area (Å²) >= 11 is 0. The Kier molecular flexibility index (Phi) is 6.79. The zero-order chi connectivity index (χ0) is 15.8. The summed E-state index contributed by atoms with van der Waals surface area (Å²) in [5.41, 5.74) is 2.12. The second-order valence-electron chi connectivity index (χ2n) is 7.40. The van der Waals surface area contributed by atoms with Gasteiger partial charge in [0.05, 0.1) is 6.61 Å². The molecule has 0 radical (unpaired) electrons. The Labute approximate surface area is 137 Å². The lowest BCUT2D eigenvalue weighted by molar-refractivity contribution is 0.178. The van der Waals surface area contributed by atoms with Gasteiger partial charge in [0.25, 0.3) is 0 Å². The Balaban J connectivity index is 1.80. The Bertz CT molecular complexity index is 412. The maximum atomic E-state index is 5.55. The largest absolute Gasteiger partial charge is 0.494 e. The molecule has 0 bridgehead atoms. The second-order valence-corrected chi connectivity index (χ2v) is 7.40. The molecule has 1 nitrogen and oxygen atoms in total. The molecule has 0 aromatic heterocycles. The third-order valence-corrected chi connectivity index (χ3v) is 5.49. The fourth-order valence-electron chi connectivity index (χ4n) is 3.88. The van der Waals surface area contributed by atoms with Gasteiger partial charge >= 0.3 is 0 Å². The first-order chi connectivity index (χ1) is 10.7. The molecule has 0 unspecified atom stereocenters. The number of ether oxygens (including phenoxy) is 1. The highest BCUT2D eigenvalue weighted by Crippen LogP contribution is 2.45. The molecule has 1 aromatic carbocycles. The van der Waals surface area contributed by atoms with E-state index in [1.54, 1.807) is 0 Å². The highest BCUT2D eigenvalue weighted by Gasteiger charge is 2.31. The van der Waals surface area contributed by atoms with E-state index in [2.05, 4.69) is 38.1 Å². The Hall–Kier alpha value is -0.980. The van der Waals surface area contributed by atoms with Gasteiger partial charge in [0.15, 0.2) is 0 Å². The predicted octanol–water partition coefficient (Wildman–Crippen LogP) is 6.72. The van der Waals surface area contributed by atoms with Crippen LogP contribution in [-0.4, -0.2) is 6.61 Å². The average molecular weight is 303 g/mol. The normalized spacial score (nSPS) is 25.1. The van der Waals surface area contributed by atoms with Crippen LogP contribution >= 0.6 is 0 Å². The van der Waals surface area contributed by atoms with Crippen molar-refractivity contribution in [2.75, 3.05) is 6.61 Å². The monoisotopic (exact) mass is 302 g/mol. The lowest BCUT2D eigenvalue weighted by Crippen LogP contribution is -2.23. The minimum atomic E-state index is 0.607. The van der Waals surface area contributed by atoms with E-state index >= 15 is 0 Å². The molecule has 1 saturated carbocycles. The van der Waals surface area contributed by atoms with Crippen molar-refractivity contribution in [1.82, 2.24) is 0 Å². The van der Waals surface area contributed by atoms with Crippen LogP contribution in [0.15, 0.2) is 24.3 Å². The van der Waals surface area contributed by atoms with Crippen molar-refractivity contribution in [1.29, 1.82) is 0 Å². The van der Waals surface area contributed by atoms with E-state index in [0.29, 0.717) is 5.41 Å². The van der Waals surface area contributed by atoms with E-state index < -0.39 is 0 Å². The zero-order valence-electron chi connectivity index (χ0n) is 14.9. The summed E-state index contributed by atoms with van der Waals surface area (Å²) in [6, 6.07) is 8.83. The van der Waals surface area contributed by atoms with Gasteiger partial charge in [0.1, 0.15) is 5.75 Å². The lowest BCUT2D eigenvalue weighted by Gasteiger charge is -2.38. The number of benzene rings is 1. The third-order valence-electron chi connectivity index (χ3n) is 5.49. The topological polar surface area (TPSA) is 9.23 Å². The molecule has 0 aliphatic heterocycles. The van der Waals surface area contributed by atoms with Gasteiger partial charge in [-0.15, -0.1) is 0 Å². The minimum Gasteiger partial charge on any atom is -0.494 e. The molecule has 0 N–H and O–H groups in total. The molecule has 1 aliphatic rings. The quantitative estimate of drug-likeness (QED) is 0.484. The summed E-state index contributed by atoms with van der Waals surface area (Å²) in [6.07, 6.45) is 12.6. The van der Waals surface area contributed by atoms with Crippen molar-refractivity contribution >= 4 is 0 Å². The Morgan fingerprint density at radius 1 is 1.00 bits per heavy atom. The van der Waals surface area contributed by atoms with E-state index in [1.165, 1.54) is 63.4 Å². The van der Waals surface area contributed by atoms with Crippen molar-refractivity contribution in [3.05, 3.63) is 29.8 Å². The van der Waals surface area contributed by atoms with Gasteiger partial charge in [-0.1, -0.05) is 51.7 Å². The minimum absolute atomic E-state index is 0.607. The van der Waals surface area contributed by atoms with Gasteiger partial charge in [-0.25, -0.2) is 0 Å². The zero-order valence-corrected chi connectivity index (χ0v) is 14.9. The van der Waals surface area contributed by atoms with Crippen LogP contribution in [0.25, 0.3) is 0 Å². The molecule has 22 heavy (non-hydrogen) atoms. The van der Waals surface area contributed by atoms with Gasteiger partial charge in [-0.2, -0.15) is 0 Å². The number of rotatable bonds is 8. The molecule has 0 heterocycles. The van der Waals surface area contributed by atoms with Crippen LogP contribution in [0.3, 0.4) is 0 Å². The first-order valence-corrected chi connectivity index (χ1v) is 9.39. The van der Waals surface area contributed by atoms with Gasteiger partial charge in [0.2, 0.25) is 0 Å². The summed E-state index contributed by atoms with van der Waals surface area (Å²) < 4.78 is 5.55. The summed E-state index contributed by atoms with van der Waals surface area (Å²) in [5.74, 6) is 1.77. The third kappa shape index (κ3) is 5.04. The van der Waals surface area contributed by atoms with E-state index in [0.717, 1.165) is 18.3 Å². The van der Waals surface area contributed by atoms with Crippen LogP contribution in [-0.2, 0) is 0 Å². The van der Waals surface area contributed by atoms with E-state index in [9.17, 15) is 0 Å². The lowest BCUT2D eigenvalue weighted by atomic mass is 9.68. The maximum absolute atomic E-state index is 5.55. The van der Waals surface area contributed by atoms with Crippen LogP contribution < -0.4 is 4.74 Å². The van der Waals surface area contributed by atoms with Crippen LogP contribution in [0, 0.1) is 5.41 Å². The van der Waals surface area contributed by atoms with E-state index in [4.69, 9.17) is 4.74 Å². The van der Waals surface area contributed by atoms with Crippen LogP contribution in [0.1, 0.15) is 90.0 Å². The molecule has 124 valence electrons. The van der Waals surface area contributed by atoms with Gasteiger partial charge in [-0.3, -0.25) is 0 Å². The number of unbranched alkanes of at least 4 members (excludes halogenated alkanes) is 3. The van der Waals surface area contributed by atoms with Crippen molar-refractivity contribution in [3.8, 4) is 5.75 Å². The van der Waals surface area contributed by atoms with Gasteiger partial charge < -0.3 is 4.74 Å². The first-order valence-electron chi connectivity index (χ1n) is 9.39. The molecule has 1 heteroatoms. The van der Waals surface area contributed by atoms with Crippen LogP contribution in [0.2, 0.25) is 0 Å². The predicted molar refractivity (Wildman–Crippen MR) is 95.7 cm³/mol. The Morgan fingerprint density at radius 2 is 1.68 bits per heavy atom. The summed E-state index contributed by atoms with van der Waals surface area (Å²) in [5, 5.41) is 0. The highest BCUT2D eigenvalue weighted by molar-refractivity contribution is 5.29. The van der Waals surface area contributed by atoms with Crippen LogP contribution in [0.4, 0.5) is 0 Å². The molecule has 0 saturated heterocycles. The summed E-state index contributed by atoms with van der Waals surface area (Å²) in [4.78, 5) is 0. The van der Waals surface area contributed by atoms with Crippen LogP contribution in [0.5, 0.6) is 5.75 Å². The SMILES string of the molecule is CCCCCC[C@]1(C)CC[C@H](c2ccc(OCC)cc2)CC1. The standard InChI is InChI=1S/C21H34O/c1-4-6-7-8-15-21(3)16-13-19(14-17-21)18-9-11-20(12-10-18)22-5-2/h9-12,19H,4-8,13-17H2,1-3H3/t19-,21+. The number of hydrogen-bond donors (Lipinski definition) is 0. The molecular weight excluding hydrogens is 268 g/mol. The fraction of sp³-hybridized carbons (Fsp3) is 0.714. The van der Waals surface area contributed by atoms with Crippen molar-refractivity contribution in [3.63, 3.8) is 0 Å². The molecule has 1 fully saturated rings. The van der Waals surface area contributed by atoms with Crippen molar-refractivity contribution < 1.29 is 4.74 Å². The Morgan fingerprint density at radius 3 is 2.27 bits per heavy atom. The van der Waals surface area contributed by atoms with Crippen molar-refractivity contribution in [2.24, 2.45) is 5.41 Å². The molecule has 1 aromatic rings. The smallest absolute Gasteiger partial charge is 0.119 e. The molecule has 0 atom stereocenters. The molecular formula is C21H34O. The molecule has 1 aliphatic carbocycles.